The van der Waals surface area contributed by atoms with Crippen LogP contribution < -0.4 is 5.32 Å². The largest absolute Gasteiger partial charge is 0.480 e. The van der Waals surface area contributed by atoms with Gasteiger partial charge in [-0.3, -0.25) is 4.79 Å². The highest BCUT2D eigenvalue weighted by Crippen LogP contribution is 2.28. The van der Waals surface area contributed by atoms with E-state index in [2.05, 4.69) is 10.3 Å². The van der Waals surface area contributed by atoms with E-state index < -0.39 is 12.0 Å². The van der Waals surface area contributed by atoms with Crippen LogP contribution in [0.4, 0.5) is 0 Å². The molecule has 15 heavy (non-hydrogen) atoms. The molecule has 2 atom stereocenters. The summed E-state index contributed by atoms with van der Waals surface area (Å²) in [7, 11) is 0. The molecule has 1 saturated heterocycles. The van der Waals surface area contributed by atoms with Crippen molar-refractivity contribution in [1.29, 1.82) is 0 Å². The molecule has 5 nitrogen and oxygen atoms in total. The molecule has 2 N–H and O–H groups in total. The fourth-order valence-electron chi connectivity index (χ4n) is 1.93. The minimum Gasteiger partial charge on any atom is -0.480 e. The van der Waals surface area contributed by atoms with Gasteiger partial charge in [0, 0.05) is 12.8 Å². The summed E-state index contributed by atoms with van der Waals surface area (Å²) >= 11 is 0. The Balaban J connectivity index is 2.07. The Hall–Kier alpha value is -1.36. The van der Waals surface area contributed by atoms with Crippen molar-refractivity contribution in [3.8, 4) is 0 Å². The normalized spacial score (nSPS) is 26.5. The van der Waals surface area contributed by atoms with Gasteiger partial charge >= 0.3 is 5.97 Å². The van der Waals surface area contributed by atoms with Crippen LogP contribution in [0.5, 0.6) is 0 Å². The van der Waals surface area contributed by atoms with E-state index in [1.54, 1.807) is 13.1 Å². The van der Waals surface area contributed by atoms with Crippen molar-refractivity contribution in [2.75, 3.05) is 6.54 Å². The van der Waals surface area contributed by atoms with Crippen molar-refractivity contribution in [3.05, 3.63) is 17.8 Å². The first kappa shape index (κ1) is 10.2. The summed E-state index contributed by atoms with van der Waals surface area (Å²) in [5.41, 5.74) is 0. The van der Waals surface area contributed by atoms with Gasteiger partial charge < -0.3 is 14.8 Å². The first-order valence-corrected chi connectivity index (χ1v) is 5.05. The first-order chi connectivity index (χ1) is 7.16. The Kier molecular flexibility index (Phi) is 2.73. The summed E-state index contributed by atoms with van der Waals surface area (Å²) in [6, 6.07) is -0.464. The van der Waals surface area contributed by atoms with Crippen LogP contribution in [0, 0.1) is 6.92 Å². The molecule has 1 aliphatic rings. The second-order valence-electron chi connectivity index (χ2n) is 3.85. The van der Waals surface area contributed by atoms with Crippen molar-refractivity contribution in [2.45, 2.75) is 31.7 Å². The quantitative estimate of drug-likeness (QED) is 0.758. The number of hydrogen-bond acceptors (Lipinski definition) is 4. The number of oxazole rings is 1. The van der Waals surface area contributed by atoms with Crippen molar-refractivity contribution >= 4 is 5.97 Å². The van der Waals surface area contributed by atoms with E-state index >= 15 is 0 Å². The first-order valence-electron chi connectivity index (χ1n) is 5.05. The molecule has 0 spiro atoms. The van der Waals surface area contributed by atoms with Gasteiger partial charge in [-0.25, -0.2) is 4.98 Å². The molecule has 0 aromatic carbocycles. The van der Waals surface area contributed by atoms with Crippen molar-refractivity contribution < 1.29 is 14.3 Å². The second-order valence-corrected chi connectivity index (χ2v) is 3.85. The van der Waals surface area contributed by atoms with Crippen molar-refractivity contribution in [1.82, 2.24) is 10.3 Å². The van der Waals surface area contributed by atoms with Gasteiger partial charge in [-0.15, -0.1) is 0 Å². The zero-order valence-corrected chi connectivity index (χ0v) is 8.56. The number of carboxylic acid groups (broad SMARTS) is 1. The number of nitrogens with one attached hydrogen (secondary N) is 1. The molecule has 2 unspecified atom stereocenters. The van der Waals surface area contributed by atoms with E-state index in [4.69, 9.17) is 9.52 Å². The minimum absolute atomic E-state index is 0.175. The average molecular weight is 210 g/mol. The van der Waals surface area contributed by atoms with E-state index in [0.29, 0.717) is 18.9 Å². The molecular weight excluding hydrogens is 196 g/mol. The van der Waals surface area contributed by atoms with E-state index in [-0.39, 0.29) is 5.92 Å². The van der Waals surface area contributed by atoms with Gasteiger partial charge in [0.1, 0.15) is 11.8 Å². The predicted octanol–water partition coefficient (Wildman–Crippen LogP) is 0.903. The van der Waals surface area contributed by atoms with Gasteiger partial charge in [-0.2, -0.15) is 0 Å². The van der Waals surface area contributed by atoms with E-state index in [9.17, 15) is 4.79 Å². The zero-order chi connectivity index (χ0) is 10.8. The number of aryl methyl sites for hydroxylation is 1. The number of nitrogens with zero attached hydrogens (tertiary/aromatic N) is 1. The minimum atomic E-state index is -0.795. The van der Waals surface area contributed by atoms with E-state index in [1.807, 2.05) is 0 Å². The number of aromatic nitrogens is 1. The standard InChI is InChI=1S/C10H14N2O3/c1-6-12-5-9(15-6)7-2-3-11-8(4-7)10(13)14/h5,7-8,11H,2-4H2,1H3,(H,13,14). The summed E-state index contributed by atoms with van der Waals surface area (Å²) in [6.07, 6.45) is 3.17. The summed E-state index contributed by atoms with van der Waals surface area (Å²) < 4.78 is 5.42. The molecule has 0 aliphatic carbocycles. The van der Waals surface area contributed by atoms with Crippen LogP contribution >= 0.6 is 0 Å². The maximum absolute atomic E-state index is 10.8. The predicted molar refractivity (Wildman–Crippen MR) is 52.6 cm³/mol. The van der Waals surface area contributed by atoms with Gasteiger partial charge in [-0.05, 0) is 19.4 Å². The third kappa shape index (κ3) is 2.18. The number of carbonyl (C=O) groups is 1. The lowest BCUT2D eigenvalue weighted by molar-refractivity contribution is -0.140. The fourth-order valence-corrected chi connectivity index (χ4v) is 1.93. The molecule has 5 heteroatoms. The number of piperidine rings is 1. The molecule has 82 valence electrons. The topological polar surface area (TPSA) is 75.4 Å². The van der Waals surface area contributed by atoms with E-state index in [0.717, 1.165) is 12.2 Å². The molecule has 0 saturated carbocycles. The Morgan fingerprint density at radius 3 is 3.13 bits per heavy atom. The lowest BCUT2D eigenvalue weighted by atomic mass is 9.91. The smallest absolute Gasteiger partial charge is 0.320 e. The molecule has 0 bridgehead atoms. The monoisotopic (exact) mass is 210 g/mol. The van der Waals surface area contributed by atoms with Crippen molar-refractivity contribution in [2.24, 2.45) is 0 Å². The Labute approximate surface area is 87.5 Å². The number of hydrogen-bond donors (Lipinski definition) is 2. The SMILES string of the molecule is Cc1ncc(C2CCNC(C(=O)O)C2)o1. The highest BCUT2D eigenvalue weighted by Gasteiger charge is 2.29. The number of aliphatic carboxylic acids is 1. The molecule has 1 aromatic heterocycles. The van der Waals surface area contributed by atoms with Crippen LogP contribution in [0.3, 0.4) is 0 Å². The van der Waals surface area contributed by atoms with Crippen LogP contribution in [-0.2, 0) is 4.79 Å². The molecule has 0 radical (unpaired) electrons. The van der Waals surface area contributed by atoms with Gasteiger partial charge in [0.25, 0.3) is 0 Å². The summed E-state index contributed by atoms with van der Waals surface area (Å²) in [4.78, 5) is 14.9. The number of rotatable bonds is 2. The Morgan fingerprint density at radius 2 is 2.53 bits per heavy atom. The summed E-state index contributed by atoms with van der Waals surface area (Å²) in [5, 5.41) is 11.9. The lowest BCUT2D eigenvalue weighted by Crippen LogP contribution is -2.42. The maximum Gasteiger partial charge on any atom is 0.320 e. The molecule has 1 aliphatic heterocycles. The zero-order valence-electron chi connectivity index (χ0n) is 8.56. The maximum atomic E-state index is 10.8. The Bertz CT molecular complexity index is 361. The summed E-state index contributed by atoms with van der Waals surface area (Å²) in [6.45, 7) is 2.50. The van der Waals surface area contributed by atoms with E-state index in [1.165, 1.54) is 0 Å². The van der Waals surface area contributed by atoms with Gasteiger partial charge in [0.05, 0.1) is 6.20 Å². The number of carboxylic acids is 1. The van der Waals surface area contributed by atoms with Crippen molar-refractivity contribution in [3.63, 3.8) is 0 Å². The third-order valence-corrected chi connectivity index (χ3v) is 2.74. The molecule has 2 heterocycles. The molecular formula is C10H14N2O3. The van der Waals surface area contributed by atoms with Crippen LogP contribution in [-0.4, -0.2) is 28.6 Å². The second kappa shape index (κ2) is 4.02. The molecule has 0 amide bonds. The highest BCUT2D eigenvalue weighted by molar-refractivity contribution is 5.73. The van der Waals surface area contributed by atoms with Crippen LogP contribution in [0.25, 0.3) is 0 Å². The Morgan fingerprint density at radius 1 is 1.73 bits per heavy atom. The van der Waals surface area contributed by atoms with Crippen LogP contribution in [0.1, 0.15) is 30.4 Å². The molecule has 1 aromatic rings. The van der Waals surface area contributed by atoms with Gasteiger partial charge in [0.2, 0.25) is 0 Å². The fraction of sp³-hybridized carbons (Fsp3) is 0.600. The average Bonchev–Trinajstić information content (AvgIpc) is 2.65. The van der Waals surface area contributed by atoms with Crippen LogP contribution in [0.2, 0.25) is 0 Å². The lowest BCUT2D eigenvalue weighted by Gasteiger charge is -2.26. The molecule has 1 fully saturated rings. The highest BCUT2D eigenvalue weighted by atomic mass is 16.4. The summed E-state index contributed by atoms with van der Waals surface area (Å²) in [5.74, 6) is 0.820. The van der Waals surface area contributed by atoms with Crippen LogP contribution in [0.15, 0.2) is 10.6 Å². The molecule has 2 rings (SSSR count). The van der Waals surface area contributed by atoms with Gasteiger partial charge in [0.15, 0.2) is 5.89 Å². The third-order valence-electron chi connectivity index (χ3n) is 2.74. The van der Waals surface area contributed by atoms with Gasteiger partial charge in [-0.1, -0.05) is 0 Å².